The van der Waals surface area contributed by atoms with Crippen molar-refractivity contribution in [2.75, 3.05) is 27.6 Å². The molecule has 0 unspecified atom stereocenters. The second kappa shape index (κ2) is 12.0. The minimum atomic E-state index is -1.83. The smallest absolute Gasteiger partial charge is 0.341 e. The zero-order valence-corrected chi connectivity index (χ0v) is 22.9. The second-order valence-electron chi connectivity index (χ2n) is 9.66. The van der Waals surface area contributed by atoms with Crippen LogP contribution in [0.15, 0.2) is 36.4 Å². The summed E-state index contributed by atoms with van der Waals surface area (Å²) in [6, 6.07) is 10.1. The summed E-state index contributed by atoms with van der Waals surface area (Å²) in [5.41, 5.74) is 1.03. The number of fused-ring (bicyclic) bond motifs is 2. The molecule has 13 nitrogen and oxygen atoms in total. The molecule has 3 aromatic rings. The largest absolute Gasteiger partial charge is 0.493 e. The molecule has 2 aliphatic rings. The van der Waals surface area contributed by atoms with E-state index in [1.165, 1.54) is 21.1 Å². The Morgan fingerprint density at radius 1 is 0.929 bits per heavy atom. The summed E-state index contributed by atoms with van der Waals surface area (Å²) in [7, 11) is 2.95. The third-order valence-corrected chi connectivity index (χ3v) is 7.09. The number of benzene rings is 3. The summed E-state index contributed by atoms with van der Waals surface area (Å²) in [4.78, 5) is 25.8. The third-order valence-electron chi connectivity index (χ3n) is 7.09. The zero-order valence-electron chi connectivity index (χ0n) is 22.9. The Morgan fingerprint density at radius 3 is 2.33 bits per heavy atom. The van der Waals surface area contributed by atoms with E-state index in [9.17, 15) is 30.0 Å². The molecule has 0 bridgehead atoms. The van der Waals surface area contributed by atoms with Crippen LogP contribution in [0, 0.1) is 0 Å². The molecule has 1 saturated heterocycles. The summed E-state index contributed by atoms with van der Waals surface area (Å²) < 4.78 is 38.2. The van der Waals surface area contributed by atoms with E-state index in [0.29, 0.717) is 44.9 Å². The molecule has 42 heavy (non-hydrogen) atoms. The number of aliphatic hydroxyl groups excluding tert-OH is 4. The van der Waals surface area contributed by atoms with Gasteiger partial charge in [-0.2, -0.15) is 0 Å². The maximum absolute atomic E-state index is 14.0. The molecule has 5 rings (SSSR count). The first kappa shape index (κ1) is 29.4. The maximum atomic E-state index is 14.0. The van der Waals surface area contributed by atoms with E-state index in [2.05, 4.69) is 0 Å². The number of hydrogen-bond donors (Lipinski definition) is 4. The Labute approximate surface area is 239 Å². The van der Waals surface area contributed by atoms with Crippen LogP contribution in [0.4, 0.5) is 0 Å². The molecular weight excluding hydrogens is 556 g/mol. The topological polar surface area (TPSA) is 180 Å². The van der Waals surface area contributed by atoms with Gasteiger partial charge in [0.15, 0.2) is 23.0 Å². The van der Waals surface area contributed by atoms with E-state index < -0.39 is 49.3 Å². The van der Waals surface area contributed by atoms with Gasteiger partial charge < -0.3 is 53.6 Å². The molecule has 1 fully saturated rings. The van der Waals surface area contributed by atoms with Crippen LogP contribution in [-0.2, 0) is 25.6 Å². The van der Waals surface area contributed by atoms with Crippen molar-refractivity contribution < 1.29 is 63.2 Å². The van der Waals surface area contributed by atoms with E-state index >= 15 is 0 Å². The van der Waals surface area contributed by atoms with Gasteiger partial charge in [-0.15, -0.1) is 0 Å². The molecule has 0 saturated carbocycles. The Balaban J connectivity index is 1.72. The van der Waals surface area contributed by atoms with Crippen molar-refractivity contribution in [2.45, 2.75) is 44.2 Å². The summed E-state index contributed by atoms with van der Waals surface area (Å²) in [5, 5.41) is 41.6. The summed E-state index contributed by atoms with van der Waals surface area (Å²) in [5.74, 6) is 0.111. The number of aliphatic hydroxyl groups is 4. The van der Waals surface area contributed by atoms with Crippen LogP contribution in [0.2, 0.25) is 0 Å². The number of carbonyl (C=O) groups is 2. The molecule has 5 atom stereocenters. The first-order valence-corrected chi connectivity index (χ1v) is 12.9. The molecule has 2 heterocycles. The number of esters is 2. The first-order chi connectivity index (χ1) is 20.2. The van der Waals surface area contributed by atoms with Crippen LogP contribution >= 0.6 is 0 Å². The summed E-state index contributed by atoms with van der Waals surface area (Å²) in [6.45, 7) is 0.204. The number of carbonyl (C=O) groups excluding carboxylic acids is 2. The van der Waals surface area contributed by atoms with Crippen molar-refractivity contribution >= 4 is 22.7 Å². The standard InChI is InChI=1S/C29H30O13/c1-13(31)38-11-16-6-15-8-19(36-2)20(37-3)9-17(15)23(14-4-5-18-21(7-14)40-12-39-18)24(16)28(35)42-29-27(34)26(33)25(32)22(10-30)41-29/h4-9,22,25-27,29-30,32-34H,10-12H2,1-3H3/t22-,25+,26+,27-,29-/m0/s1. The predicted octanol–water partition coefficient (Wildman–Crippen LogP) is 1.27. The lowest BCUT2D eigenvalue weighted by molar-refractivity contribution is -0.285. The Morgan fingerprint density at radius 2 is 1.64 bits per heavy atom. The molecule has 0 spiro atoms. The van der Waals surface area contributed by atoms with Gasteiger partial charge in [-0.05, 0) is 46.7 Å². The van der Waals surface area contributed by atoms with Crippen molar-refractivity contribution in [2.24, 2.45) is 0 Å². The quantitative estimate of drug-likeness (QED) is 0.278. The Bertz CT molecular complexity index is 1500. The fourth-order valence-electron chi connectivity index (χ4n) is 4.99. The van der Waals surface area contributed by atoms with Crippen LogP contribution < -0.4 is 18.9 Å². The van der Waals surface area contributed by atoms with Gasteiger partial charge in [-0.3, -0.25) is 4.79 Å². The van der Waals surface area contributed by atoms with Crippen molar-refractivity contribution in [1.82, 2.24) is 0 Å². The van der Waals surface area contributed by atoms with E-state index in [1.807, 2.05) is 0 Å². The Hall–Kier alpha value is -4.14. The van der Waals surface area contributed by atoms with Crippen molar-refractivity contribution in [3.8, 4) is 34.1 Å². The highest BCUT2D eigenvalue weighted by Gasteiger charge is 2.45. The van der Waals surface area contributed by atoms with Crippen LogP contribution in [0.3, 0.4) is 0 Å². The van der Waals surface area contributed by atoms with Gasteiger partial charge in [0, 0.05) is 18.1 Å². The number of hydrogen-bond acceptors (Lipinski definition) is 13. The van der Waals surface area contributed by atoms with E-state index in [1.54, 1.807) is 36.4 Å². The van der Waals surface area contributed by atoms with E-state index in [4.69, 9.17) is 33.2 Å². The number of rotatable bonds is 8. The van der Waals surface area contributed by atoms with Crippen molar-refractivity contribution in [3.05, 3.63) is 47.5 Å². The number of ether oxygens (including phenoxy) is 7. The van der Waals surface area contributed by atoms with Crippen molar-refractivity contribution in [1.29, 1.82) is 0 Å². The molecule has 0 aliphatic carbocycles. The Kier molecular flexibility index (Phi) is 8.38. The summed E-state index contributed by atoms with van der Waals surface area (Å²) >= 11 is 0. The van der Waals surface area contributed by atoms with Gasteiger partial charge in [0.1, 0.15) is 31.0 Å². The van der Waals surface area contributed by atoms with Gasteiger partial charge in [0.2, 0.25) is 13.1 Å². The zero-order chi connectivity index (χ0) is 30.1. The van der Waals surface area contributed by atoms with Gasteiger partial charge in [-0.25, -0.2) is 4.79 Å². The molecule has 13 heteroatoms. The summed E-state index contributed by atoms with van der Waals surface area (Å²) in [6.07, 6.45) is -8.30. The van der Waals surface area contributed by atoms with Crippen LogP contribution in [0.5, 0.6) is 23.0 Å². The maximum Gasteiger partial charge on any atom is 0.341 e. The lowest BCUT2D eigenvalue weighted by Gasteiger charge is -2.39. The molecule has 2 aliphatic heterocycles. The minimum Gasteiger partial charge on any atom is -0.493 e. The second-order valence-corrected chi connectivity index (χ2v) is 9.66. The highest BCUT2D eigenvalue weighted by atomic mass is 16.7. The fraction of sp³-hybridized carbons (Fsp3) is 0.379. The lowest BCUT2D eigenvalue weighted by atomic mass is 9.89. The van der Waals surface area contributed by atoms with Gasteiger partial charge in [-0.1, -0.05) is 6.07 Å². The molecular formula is C29H30O13. The first-order valence-electron chi connectivity index (χ1n) is 12.9. The van der Waals surface area contributed by atoms with E-state index in [0.717, 1.165) is 0 Å². The molecule has 0 radical (unpaired) electrons. The fourth-order valence-corrected chi connectivity index (χ4v) is 4.99. The molecule has 0 amide bonds. The average Bonchev–Trinajstić information content (AvgIpc) is 3.46. The highest BCUT2D eigenvalue weighted by Crippen LogP contribution is 2.44. The normalized spacial score (nSPS) is 23.0. The van der Waals surface area contributed by atoms with Gasteiger partial charge >= 0.3 is 11.9 Å². The van der Waals surface area contributed by atoms with Crippen LogP contribution in [0.25, 0.3) is 21.9 Å². The highest BCUT2D eigenvalue weighted by molar-refractivity contribution is 6.10. The van der Waals surface area contributed by atoms with E-state index in [-0.39, 0.29) is 24.5 Å². The SMILES string of the molecule is COc1cc2cc(COC(C)=O)c(C(=O)O[C@@H]3O[C@@H](CO)[C@@H](O)[C@@H](O)[C@@H]3O)c(-c3ccc4c(c3)OCO4)c2cc1OC. The number of methoxy groups -OCH3 is 2. The van der Waals surface area contributed by atoms with Crippen molar-refractivity contribution in [3.63, 3.8) is 0 Å². The molecule has 0 aromatic heterocycles. The molecule has 3 aromatic carbocycles. The molecule has 224 valence electrons. The predicted molar refractivity (Wildman–Crippen MR) is 143 cm³/mol. The molecule has 4 N–H and O–H groups in total. The van der Waals surface area contributed by atoms with Crippen LogP contribution in [-0.4, -0.2) is 90.7 Å². The van der Waals surface area contributed by atoms with Crippen LogP contribution in [0.1, 0.15) is 22.8 Å². The monoisotopic (exact) mass is 586 g/mol. The van der Waals surface area contributed by atoms with Gasteiger partial charge in [0.25, 0.3) is 0 Å². The minimum absolute atomic E-state index is 0.0169. The average molecular weight is 587 g/mol. The third kappa shape index (κ3) is 5.40. The van der Waals surface area contributed by atoms with Gasteiger partial charge in [0.05, 0.1) is 26.4 Å². The lowest BCUT2D eigenvalue weighted by Crippen LogP contribution is -2.59.